The van der Waals surface area contributed by atoms with Gasteiger partial charge in [-0.3, -0.25) is 19.2 Å². The zero-order valence-electron chi connectivity index (χ0n) is 27.9. The van der Waals surface area contributed by atoms with Crippen LogP contribution in [-0.2, 0) is 38.1 Å². The molecule has 0 spiro atoms. The van der Waals surface area contributed by atoms with Crippen molar-refractivity contribution in [1.82, 2.24) is 0 Å². The standard InChI is InChI=1S/2C12H21O4S.2C4H9.Sn/c2*1-3-5-7-15-11(13)9-10(17)12(14)16-8-6-4-2;2*1-3-4-2;/h2*10H,3-9H2,1-2H3;2*1,3-4H2,2H3;. The van der Waals surface area contributed by atoms with Crippen LogP contribution in [0.15, 0.2) is 0 Å². The van der Waals surface area contributed by atoms with Crippen molar-refractivity contribution < 1.29 is 38.1 Å². The molecular formula is C32H60O8S2Sn. The maximum atomic E-state index is 11.3. The first-order chi connectivity index (χ1) is 20.1. The number of hydrogen-bond donors (Lipinski definition) is 0. The van der Waals surface area contributed by atoms with Gasteiger partial charge in [0.05, 0.1) is 39.3 Å². The second kappa shape index (κ2) is 43.5. The fourth-order valence-electron chi connectivity index (χ4n) is 2.07. The van der Waals surface area contributed by atoms with Crippen molar-refractivity contribution in [1.29, 1.82) is 0 Å². The summed E-state index contributed by atoms with van der Waals surface area (Å²) in [5.74, 6) is -1.85. The molecule has 0 aromatic rings. The van der Waals surface area contributed by atoms with E-state index < -0.39 is 34.4 Å². The minimum atomic E-state index is -0.832. The third kappa shape index (κ3) is 45.9. The SMILES string of the molecule is CCCCOC(=O)CC([S])C(=O)OCCCC.CCCCOC(=O)CC([S])C(=O)OCCCC.[CH2]CCC.[CH2]CCC.[Sn]. The van der Waals surface area contributed by atoms with Gasteiger partial charge in [0.2, 0.25) is 0 Å². The molecular weight excluding hydrogens is 695 g/mol. The van der Waals surface area contributed by atoms with Gasteiger partial charge in [-0.15, -0.1) is 0 Å². The fraction of sp³-hybridized carbons (Fsp3) is 0.812. The molecule has 0 aliphatic carbocycles. The van der Waals surface area contributed by atoms with E-state index in [0.717, 1.165) is 64.2 Å². The van der Waals surface area contributed by atoms with Crippen molar-refractivity contribution in [2.75, 3.05) is 26.4 Å². The molecule has 8 radical (unpaired) electrons. The number of rotatable bonds is 20. The summed E-state index contributed by atoms with van der Waals surface area (Å²) in [6.07, 6.45) is 11.5. The summed E-state index contributed by atoms with van der Waals surface area (Å²) in [5.41, 5.74) is 0. The Morgan fingerprint density at radius 3 is 0.953 bits per heavy atom. The van der Waals surface area contributed by atoms with Crippen LogP contribution in [0.4, 0.5) is 0 Å². The van der Waals surface area contributed by atoms with E-state index >= 15 is 0 Å². The molecule has 11 heteroatoms. The number of esters is 4. The van der Waals surface area contributed by atoms with Crippen molar-refractivity contribution in [2.24, 2.45) is 0 Å². The molecule has 252 valence electrons. The summed E-state index contributed by atoms with van der Waals surface area (Å²) >= 11 is 9.78. The molecule has 2 unspecified atom stereocenters. The van der Waals surface area contributed by atoms with E-state index in [2.05, 4.69) is 27.7 Å². The minimum Gasteiger partial charge on any atom is -0.466 e. The molecule has 2 atom stereocenters. The van der Waals surface area contributed by atoms with Crippen molar-refractivity contribution in [3.05, 3.63) is 13.8 Å². The van der Waals surface area contributed by atoms with Crippen LogP contribution in [0.5, 0.6) is 0 Å². The second-order valence-electron chi connectivity index (χ2n) is 9.28. The van der Waals surface area contributed by atoms with Gasteiger partial charge in [0.15, 0.2) is 0 Å². The molecule has 0 rings (SSSR count). The fourth-order valence-corrected chi connectivity index (χ4v) is 2.48. The summed E-state index contributed by atoms with van der Waals surface area (Å²) < 4.78 is 19.7. The van der Waals surface area contributed by atoms with Crippen LogP contribution in [0.25, 0.3) is 0 Å². The maximum Gasteiger partial charge on any atom is 0.320 e. The molecule has 8 nitrogen and oxygen atoms in total. The number of unbranched alkanes of at least 4 members (excludes halogenated alkanes) is 6. The van der Waals surface area contributed by atoms with Crippen molar-refractivity contribution in [3.8, 4) is 0 Å². The molecule has 0 aromatic heterocycles. The Kier molecular flexibility index (Phi) is 52.5. The van der Waals surface area contributed by atoms with Gasteiger partial charge in [-0.05, 0) is 25.7 Å². The summed E-state index contributed by atoms with van der Waals surface area (Å²) in [4.78, 5) is 45.2. The van der Waals surface area contributed by atoms with Crippen LogP contribution >= 0.6 is 25.3 Å². The maximum absolute atomic E-state index is 11.3. The summed E-state index contributed by atoms with van der Waals surface area (Å²) in [7, 11) is 0. The van der Waals surface area contributed by atoms with Crippen LogP contribution in [-0.4, -0.2) is 84.7 Å². The van der Waals surface area contributed by atoms with Crippen LogP contribution in [0.1, 0.15) is 131 Å². The van der Waals surface area contributed by atoms with Crippen LogP contribution in [0.2, 0.25) is 0 Å². The summed E-state index contributed by atoms with van der Waals surface area (Å²) in [6.45, 7) is 21.0. The number of ether oxygens (including phenoxy) is 4. The zero-order valence-corrected chi connectivity index (χ0v) is 32.4. The van der Waals surface area contributed by atoms with Gasteiger partial charge in [0, 0.05) is 23.9 Å². The van der Waals surface area contributed by atoms with Gasteiger partial charge in [-0.1, -0.05) is 132 Å². The molecule has 0 saturated carbocycles. The first kappa shape index (κ1) is 51.9. The monoisotopic (exact) mass is 756 g/mol. The Hall–Kier alpha value is -0.621. The largest absolute Gasteiger partial charge is 0.466 e. The molecule has 0 aliphatic heterocycles. The first-order valence-corrected chi connectivity index (χ1v) is 16.5. The Bertz CT molecular complexity index is 568. The number of hydrogen-bond acceptors (Lipinski definition) is 8. The van der Waals surface area contributed by atoms with Crippen molar-refractivity contribution >= 4 is 73.0 Å². The third-order valence-corrected chi connectivity index (χ3v) is 5.66. The third-order valence-electron chi connectivity index (χ3n) is 4.94. The molecule has 0 fully saturated rings. The predicted octanol–water partition coefficient (Wildman–Crippen LogP) is 8.12. The molecule has 0 aromatic carbocycles. The number of carbonyl (C=O) groups excluding carboxylic acids is 4. The molecule has 0 aliphatic rings. The average molecular weight is 756 g/mol. The first-order valence-electron chi connectivity index (χ1n) is 15.6. The minimum absolute atomic E-state index is 0. The molecule has 0 amide bonds. The Labute approximate surface area is 292 Å². The van der Waals surface area contributed by atoms with Gasteiger partial charge in [-0.25, -0.2) is 0 Å². The van der Waals surface area contributed by atoms with E-state index in [-0.39, 0.29) is 36.7 Å². The average Bonchev–Trinajstić information content (AvgIpc) is 2.98. The van der Waals surface area contributed by atoms with E-state index in [1.807, 2.05) is 27.7 Å². The van der Waals surface area contributed by atoms with Crippen molar-refractivity contribution in [3.63, 3.8) is 0 Å². The quantitative estimate of drug-likeness (QED) is 0.0532. The summed E-state index contributed by atoms with van der Waals surface area (Å²) in [6, 6.07) is 0. The Morgan fingerprint density at radius 2 is 0.744 bits per heavy atom. The van der Waals surface area contributed by atoms with Gasteiger partial charge in [0.25, 0.3) is 0 Å². The zero-order chi connectivity index (χ0) is 33.0. The van der Waals surface area contributed by atoms with E-state index in [4.69, 9.17) is 44.2 Å². The topological polar surface area (TPSA) is 105 Å². The van der Waals surface area contributed by atoms with Crippen LogP contribution in [0, 0.1) is 13.8 Å². The molecule has 43 heavy (non-hydrogen) atoms. The molecule has 0 saturated heterocycles. The van der Waals surface area contributed by atoms with Crippen LogP contribution in [0.3, 0.4) is 0 Å². The number of carbonyl (C=O) groups is 4. The Morgan fingerprint density at radius 1 is 0.512 bits per heavy atom. The van der Waals surface area contributed by atoms with E-state index in [1.165, 1.54) is 12.8 Å². The van der Waals surface area contributed by atoms with Crippen LogP contribution < -0.4 is 0 Å². The van der Waals surface area contributed by atoms with E-state index in [1.54, 1.807) is 0 Å². The molecule has 0 bridgehead atoms. The summed E-state index contributed by atoms with van der Waals surface area (Å²) in [5, 5.41) is -1.66. The smallest absolute Gasteiger partial charge is 0.320 e. The molecule has 0 heterocycles. The molecule has 0 N–H and O–H groups in total. The van der Waals surface area contributed by atoms with E-state index in [9.17, 15) is 19.2 Å². The van der Waals surface area contributed by atoms with Gasteiger partial charge >= 0.3 is 23.9 Å². The van der Waals surface area contributed by atoms with Crippen molar-refractivity contribution in [2.45, 2.75) is 142 Å². The second-order valence-corrected chi connectivity index (χ2v) is 10.4. The van der Waals surface area contributed by atoms with Gasteiger partial charge in [-0.2, -0.15) is 0 Å². The normalized spacial score (nSPS) is 10.8. The van der Waals surface area contributed by atoms with E-state index in [0.29, 0.717) is 26.4 Å². The van der Waals surface area contributed by atoms with Gasteiger partial charge < -0.3 is 18.9 Å². The Balaban J connectivity index is -0.000000175. The van der Waals surface area contributed by atoms with Gasteiger partial charge in [0.1, 0.15) is 10.5 Å². The predicted molar refractivity (Wildman–Crippen MR) is 182 cm³/mol.